The lowest BCUT2D eigenvalue weighted by Gasteiger charge is -2.01. The fraction of sp³-hybridized carbons (Fsp3) is 0.0952. The van der Waals surface area contributed by atoms with Crippen molar-refractivity contribution in [1.82, 2.24) is 5.16 Å². The number of benzene rings is 2. The van der Waals surface area contributed by atoms with Crippen LogP contribution in [0.5, 0.6) is 5.75 Å². The normalized spacial score (nSPS) is 15.0. The Labute approximate surface area is 155 Å². The zero-order chi connectivity index (χ0) is 18.8. The number of carbonyl (C=O) groups excluding carboxylic acids is 1. The lowest BCUT2D eigenvalue weighted by molar-refractivity contribution is -0.129. The van der Waals surface area contributed by atoms with E-state index in [0.717, 1.165) is 16.9 Å². The smallest absolute Gasteiger partial charge is 0.363 e. The highest BCUT2D eigenvalue weighted by Gasteiger charge is 2.30. The number of ether oxygens (including phenoxy) is 2. The van der Waals surface area contributed by atoms with E-state index >= 15 is 0 Å². The van der Waals surface area contributed by atoms with Crippen LogP contribution in [0, 0.1) is 6.92 Å². The molecule has 0 saturated heterocycles. The highest BCUT2D eigenvalue weighted by molar-refractivity contribution is 6.15. The first-order valence-corrected chi connectivity index (χ1v) is 8.34. The molecule has 0 saturated carbocycles. The van der Waals surface area contributed by atoms with E-state index in [9.17, 15) is 4.79 Å². The predicted molar refractivity (Wildman–Crippen MR) is 100 cm³/mol. The van der Waals surface area contributed by atoms with E-state index in [4.69, 9.17) is 14.0 Å². The van der Waals surface area contributed by atoms with Crippen LogP contribution in [0.4, 0.5) is 0 Å². The number of rotatable bonds is 4. The summed E-state index contributed by atoms with van der Waals surface area (Å²) in [4.78, 5) is 16.7. The van der Waals surface area contributed by atoms with Crippen molar-refractivity contribution < 1.29 is 18.8 Å². The summed E-state index contributed by atoms with van der Waals surface area (Å²) in [5.41, 5.74) is 3.06. The number of cyclic esters (lactones) is 1. The summed E-state index contributed by atoms with van der Waals surface area (Å²) in [7, 11) is 1.60. The number of aromatic nitrogens is 1. The van der Waals surface area contributed by atoms with Gasteiger partial charge in [-0.25, -0.2) is 9.79 Å². The van der Waals surface area contributed by atoms with E-state index < -0.39 is 5.97 Å². The van der Waals surface area contributed by atoms with Gasteiger partial charge >= 0.3 is 5.97 Å². The molecule has 0 aliphatic carbocycles. The summed E-state index contributed by atoms with van der Waals surface area (Å²) in [5, 5.41) is 4.10. The van der Waals surface area contributed by atoms with Gasteiger partial charge in [-0.05, 0) is 30.7 Å². The fourth-order valence-corrected chi connectivity index (χ4v) is 2.79. The van der Waals surface area contributed by atoms with Crippen LogP contribution in [0.2, 0.25) is 0 Å². The average molecular weight is 360 g/mol. The first-order valence-electron chi connectivity index (χ1n) is 8.34. The number of nitrogens with zero attached hydrogens (tertiary/aromatic N) is 2. The average Bonchev–Trinajstić information content (AvgIpc) is 3.25. The minimum atomic E-state index is -0.513. The van der Waals surface area contributed by atoms with Crippen LogP contribution in [-0.4, -0.2) is 24.1 Å². The van der Waals surface area contributed by atoms with E-state index in [-0.39, 0.29) is 11.6 Å². The maximum Gasteiger partial charge on any atom is 0.363 e. The second kappa shape index (κ2) is 6.92. The number of esters is 1. The van der Waals surface area contributed by atoms with Gasteiger partial charge in [-0.3, -0.25) is 0 Å². The highest BCUT2D eigenvalue weighted by atomic mass is 16.6. The standard InChI is InChI=1S/C21H16N2O4/c1-13-18(19(23-27-13)15-6-4-3-5-7-15)20-22-17(21(24)26-20)12-14-8-10-16(25-2)11-9-14/h3-12H,1-2H3. The van der Waals surface area contributed by atoms with Gasteiger partial charge in [0.2, 0.25) is 5.90 Å². The monoisotopic (exact) mass is 360 g/mol. The molecule has 0 atom stereocenters. The molecule has 1 aliphatic rings. The van der Waals surface area contributed by atoms with Crippen LogP contribution in [-0.2, 0) is 9.53 Å². The fourth-order valence-electron chi connectivity index (χ4n) is 2.79. The third-order valence-electron chi connectivity index (χ3n) is 4.16. The third kappa shape index (κ3) is 3.25. The van der Waals surface area contributed by atoms with Crippen molar-refractivity contribution in [1.29, 1.82) is 0 Å². The van der Waals surface area contributed by atoms with Crippen LogP contribution < -0.4 is 4.74 Å². The van der Waals surface area contributed by atoms with Crippen molar-refractivity contribution in [2.45, 2.75) is 6.92 Å². The second-order valence-corrected chi connectivity index (χ2v) is 5.94. The molecule has 6 heteroatoms. The number of hydrogen-bond acceptors (Lipinski definition) is 6. The van der Waals surface area contributed by atoms with Gasteiger partial charge in [-0.15, -0.1) is 0 Å². The Morgan fingerprint density at radius 2 is 1.78 bits per heavy atom. The molecule has 0 unspecified atom stereocenters. The number of carbonyl (C=O) groups is 1. The Kier molecular flexibility index (Phi) is 4.30. The Morgan fingerprint density at radius 1 is 1.04 bits per heavy atom. The molecule has 0 amide bonds. The van der Waals surface area contributed by atoms with Gasteiger partial charge in [-0.2, -0.15) is 0 Å². The Hall–Kier alpha value is -3.67. The van der Waals surface area contributed by atoms with Crippen molar-refractivity contribution in [2.24, 2.45) is 4.99 Å². The Bertz CT molecular complexity index is 1050. The van der Waals surface area contributed by atoms with Gasteiger partial charge in [-0.1, -0.05) is 47.6 Å². The Morgan fingerprint density at radius 3 is 2.48 bits per heavy atom. The van der Waals surface area contributed by atoms with Crippen LogP contribution in [0.15, 0.2) is 69.8 Å². The van der Waals surface area contributed by atoms with E-state index in [1.807, 2.05) is 54.6 Å². The summed E-state index contributed by atoms with van der Waals surface area (Å²) >= 11 is 0. The number of aryl methyl sites for hydroxylation is 1. The molecular weight excluding hydrogens is 344 g/mol. The van der Waals surface area contributed by atoms with E-state index in [0.29, 0.717) is 17.0 Å². The van der Waals surface area contributed by atoms with Gasteiger partial charge in [0.1, 0.15) is 22.8 Å². The van der Waals surface area contributed by atoms with Gasteiger partial charge in [0.15, 0.2) is 5.70 Å². The molecule has 0 bridgehead atoms. The van der Waals surface area contributed by atoms with Crippen LogP contribution in [0.1, 0.15) is 16.9 Å². The first-order chi connectivity index (χ1) is 13.2. The van der Waals surface area contributed by atoms with Crippen molar-refractivity contribution in [2.75, 3.05) is 7.11 Å². The SMILES string of the molecule is COc1ccc(C=C2N=C(c3c(-c4ccccc4)noc3C)OC2=O)cc1. The molecule has 2 heterocycles. The van der Waals surface area contributed by atoms with Gasteiger partial charge in [0.25, 0.3) is 0 Å². The number of aliphatic imine (C=N–C) groups is 1. The molecule has 3 aromatic rings. The summed E-state index contributed by atoms with van der Waals surface area (Å²) in [5.74, 6) is 0.951. The predicted octanol–water partition coefficient (Wildman–Crippen LogP) is 4.00. The molecule has 1 aliphatic heterocycles. The molecule has 1 aromatic heterocycles. The summed E-state index contributed by atoms with van der Waals surface area (Å²) in [6.07, 6.45) is 1.67. The molecular formula is C21H16N2O4. The first kappa shape index (κ1) is 16.8. The minimum Gasteiger partial charge on any atom is -0.497 e. The number of hydrogen-bond donors (Lipinski definition) is 0. The quantitative estimate of drug-likeness (QED) is 0.519. The Balaban J connectivity index is 1.71. The van der Waals surface area contributed by atoms with Crippen LogP contribution in [0.3, 0.4) is 0 Å². The van der Waals surface area contributed by atoms with Crippen LogP contribution >= 0.6 is 0 Å². The van der Waals surface area contributed by atoms with Gasteiger partial charge in [0.05, 0.1) is 7.11 Å². The molecule has 4 rings (SSSR count). The largest absolute Gasteiger partial charge is 0.497 e. The molecule has 0 N–H and O–H groups in total. The molecule has 0 radical (unpaired) electrons. The zero-order valence-corrected chi connectivity index (χ0v) is 14.8. The van der Waals surface area contributed by atoms with Crippen LogP contribution in [0.25, 0.3) is 17.3 Å². The van der Waals surface area contributed by atoms with Gasteiger partial charge < -0.3 is 14.0 Å². The molecule has 134 valence electrons. The summed E-state index contributed by atoms with van der Waals surface area (Å²) < 4.78 is 15.9. The van der Waals surface area contributed by atoms with E-state index in [2.05, 4.69) is 10.1 Å². The lowest BCUT2D eigenvalue weighted by atomic mass is 10.1. The maximum absolute atomic E-state index is 12.3. The number of methoxy groups -OCH3 is 1. The maximum atomic E-state index is 12.3. The van der Waals surface area contributed by atoms with E-state index in [1.165, 1.54) is 0 Å². The molecule has 6 nitrogen and oxygen atoms in total. The van der Waals surface area contributed by atoms with Crippen molar-refractivity contribution >= 4 is 17.9 Å². The lowest BCUT2D eigenvalue weighted by Crippen LogP contribution is -2.07. The van der Waals surface area contributed by atoms with Crippen molar-refractivity contribution in [3.8, 4) is 17.0 Å². The summed E-state index contributed by atoms with van der Waals surface area (Å²) in [6, 6.07) is 16.8. The summed E-state index contributed by atoms with van der Waals surface area (Å²) in [6.45, 7) is 1.76. The third-order valence-corrected chi connectivity index (χ3v) is 4.16. The minimum absolute atomic E-state index is 0.192. The molecule has 2 aromatic carbocycles. The highest BCUT2D eigenvalue weighted by Crippen LogP contribution is 2.29. The second-order valence-electron chi connectivity index (χ2n) is 5.94. The topological polar surface area (TPSA) is 73.9 Å². The van der Waals surface area contributed by atoms with Gasteiger partial charge in [0, 0.05) is 5.56 Å². The molecule has 27 heavy (non-hydrogen) atoms. The zero-order valence-electron chi connectivity index (χ0n) is 14.8. The molecule has 0 fully saturated rings. The van der Waals surface area contributed by atoms with Crippen molar-refractivity contribution in [3.63, 3.8) is 0 Å². The van der Waals surface area contributed by atoms with E-state index in [1.54, 1.807) is 20.1 Å². The molecule has 0 spiro atoms. The van der Waals surface area contributed by atoms with Crippen molar-refractivity contribution in [3.05, 3.63) is 77.2 Å².